The SMILES string of the molecule is CC.Cc1nc(N2CCC(O)C(C)(O)C2)c2cnn(C)c2n1. The van der Waals surface area contributed by atoms with Crippen molar-refractivity contribution >= 4 is 16.9 Å². The third kappa shape index (κ3) is 2.91. The van der Waals surface area contributed by atoms with Crippen LogP contribution < -0.4 is 4.90 Å². The smallest absolute Gasteiger partial charge is 0.163 e. The first kappa shape index (κ1) is 16.6. The van der Waals surface area contributed by atoms with Gasteiger partial charge in [-0.3, -0.25) is 4.68 Å². The number of aryl methyl sites for hydroxylation is 2. The molecule has 122 valence electrons. The van der Waals surface area contributed by atoms with E-state index in [9.17, 15) is 10.2 Å². The Morgan fingerprint density at radius 3 is 2.64 bits per heavy atom. The molecule has 7 nitrogen and oxygen atoms in total. The first-order valence-corrected chi connectivity index (χ1v) is 7.70. The Labute approximate surface area is 130 Å². The van der Waals surface area contributed by atoms with Crippen LogP contribution in [0.4, 0.5) is 5.82 Å². The lowest BCUT2D eigenvalue weighted by molar-refractivity contribution is -0.0692. The van der Waals surface area contributed by atoms with Crippen molar-refractivity contribution in [2.75, 3.05) is 18.0 Å². The van der Waals surface area contributed by atoms with Crippen molar-refractivity contribution in [2.45, 2.75) is 45.8 Å². The van der Waals surface area contributed by atoms with E-state index in [1.807, 2.05) is 32.7 Å². The zero-order valence-electron chi connectivity index (χ0n) is 13.9. The lowest BCUT2D eigenvalue weighted by atomic mass is 9.91. The van der Waals surface area contributed by atoms with Gasteiger partial charge in [-0.1, -0.05) is 13.8 Å². The molecule has 3 heterocycles. The number of fused-ring (bicyclic) bond motifs is 1. The molecule has 1 fully saturated rings. The Hall–Kier alpha value is -1.73. The second-order valence-electron chi connectivity index (χ2n) is 5.68. The molecule has 2 aromatic rings. The minimum atomic E-state index is -1.13. The molecule has 3 rings (SSSR count). The van der Waals surface area contributed by atoms with E-state index >= 15 is 0 Å². The lowest BCUT2D eigenvalue weighted by Gasteiger charge is -2.41. The molecule has 0 spiro atoms. The summed E-state index contributed by atoms with van der Waals surface area (Å²) in [5.74, 6) is 1.44. The quantitative estimate of drug-likeness (QED) is 0.818. The van der Waals surface area contributed by atoms with Crippen LogP contribution in [0.5, 0.6) is 0 Å². The molecule has 7 heteroatoms. The maximum Gasteiger partial charge on any atom is 0.163 e. The molecule has 22 heavy (non-hydrogen) atoms. The maximum atomic E-state index is 10.3. The number of hydrogen-bond acceptors (Lipinski definition) is 6. The van der Waals surface area contributed by atoms with Gasteiger partial charge in [0, 0.05) is 13.6 Å². The topological polar surface area (TPSA) is 87.3 Å². The monoisotopic (exact) mass is 307 g/mol. The number of β-amino-alcohol motifs (C(OH)–C–C–N with tert-alkyl or cyclic N) is 1. The molecule has 0 saturated carbocycles. The van der Waals surface area contributed by atoms with Gasteiger partial charge >= 0.3 is 0 Å². The van der Waals surface area contributed by atoms with E-state index in [1.54, 1.807) is 17.8 Å². The summed E-state index contributed by atoms with van der Waals surface area (Å²) >= 11 is 0. The fraction of sp³-hybridized carbons (Fsp3) is 0.667. The summed E-state index contributed by atoms with van der Waals surface area (Å²) in [6.07, 6.45) is 1.55. The van der Waals surface area contributed by atoms with Crippen LogP contribution >= 0.6 is 0 Å². The molecule has 2 aromatic heterocycles. The van der Waals surface area contributed by atoms with Gasteiger partial charge < -0.3 is 15.1 Å². The molecule has 2 unspecified atom stereocenters. The van der Waals surface area contributed by atoms with Crippen molar-refractivity contribution in [1.82, 2.24) is 19.7 Å². The largest absolute Gasteiger partial charge is 0.390 e. The molecule has 1 aliphatic rings. The second kappa shape index (κ2) is 6.18. The molecule has 1 aliphatic heterocycles. The van der Waals surface area contributed by atoms with Crippen LogP contribution in [0.1, 0.15) is 33.0 Å². The van der Waals surface area contributed by atoms with E-state index in [0.29, 0.717) is 25.3 Å². The highest BCUT2D eigenvalue weighted by Crippen LogP contribution is 2.29. The van der Waals surface area contributed by atoms with Gasteiger partial charge in [0.05, 0.1) is 24.2 Å². The molecule has 2 atom stereocenters. The standard InChI is InChI=1S/C13H19N5O2.C2H6/c1-8-15-11-9(6-14-17(11)3)12(16-8)18-5-4-10(19)13(2,20)7-18;1-2/h6,10,19-20H,4-5,7H2,1-3H3;1-2H3. The molecular weight excluding hydrogens is 282 g/mol. The van der Waals surface area contributed by atoms with Crippen molar-refractivity contribution in [2.24, 2.45) is 7.05 Å². The summed E-state index contributed by atoms with van der Waals surface area (Å²) in [7, 11) is 1.84. The Morgan fingerprint density at radius 1 is 1.32 bits per heavy atom. The Morgan fingerprint density at radius 2 is 2.00 bits per heavy atom. The minimum absolute atomic E-state index is 0.342. The van der Waals surface area contributed by atoms with Gasteiger partial charge in [-0.2, -0.15) is 5.10 Å². The minimum Gasteiger partial charge on any atom is -0.390 e. The number of nitrogens with zero attached hydrogens (tertiary/aromatic N) is 5. The van der Waals surface area contributed by atoms with Crippen LogP contribution in [0, 0.1) is 6.92 Å². The summed E-state index contributed by atoms with van der Waals surface area (Å²) in [5, 5.41) is 25.2. The summed E-state index contributed by atoms with van der Waals surface area (Å²) < 4.78 is 1.71. The molecule has 2 N–H and O–H groups in total. The van der Waals surface area contributed by atoms with Gasteiger partial charge in [0.15, 0.2) is 5.65 Å². The fourth-order valence-corrected chi connectivity index (χ4v) is 2.69. The predicted octanol–water partition coefficient (Wildman–Crippen LogP) is 1.02. The zero-order chi connectivity index (χ0) is 16.5. The molecular formula is C15H25N5O2. The van der Waals surface area contributed by atoms with Crippen molar-refractivity contribution in [1.29, 1.82) is 0 Å². The predicted molar refractivity (Wildman–Crippen MR) is 85.8 cm³/mol. The number of rotatable bonds is 1. The third-order valence-electron chi connectivity index (χ3n) is 3.88. The van der Waals surface area contributed by atoms with Crippen LogP contribution in [0.15, 0.2) is 6.20 Å². The van der Waals surface area contributed by atoms with E-state index in [0.717, 1.165) is 16.9 Å². The second-order valence-corrected chi connectivity index (χ2v) is 5.68. The number of aliphatic hydroxyl groups excluding tert-OH is 1. The van der Waals surface area contributed by atoms with Crippen LogP contribution in [0.25, 0.3) is 11.0 Å². The van der Waals surface area contributed by atoms with Crippen LogP contribution in [-0.4, -0.2) is 54.8 Å². The molecule has 1 saturated heterocycles. The van der Waals surface area contributed by atoms with E-state index in [2.05, 4.69) is 15.1 Å². The average Bonchev–Trinajstić information content (AvgIpc) is 2.85. The van der Waals surface area contributed by atoms with Crippen LogP contribution in [0.3, 0.4) is 0 Å². The Bertz CT molecular complexity index is 653. The highest BCUT2D eigenvalue weighted by atomic mass is 16.3. The molecule has 0 amide bonds. The first-order chi connectivity index (χ1) is 10.4. The highest BCUT2D eigenvalue weighted by molar-refractivity contribution is 5.87. The number of hydrogen-bond donors (Lipinski definition) is 2. The number of anilines is 1. The van der Waals surface area contributed by atoms with Gasteiger partial charge in [0.1, 0.15) is 17.2 Å². The Balaban J connectivity index is 0.000000847. The van der Waals surface area contributed by atoms with Gasteiger partial charge in [-0.05, 0) is 20.3 Å². The van der Waals surface area contributed by atoms with Gasteiger partial charge in [0.25, 0.3) is 0 Å². The van der Waals surface area contributed by atoms with Gasteiger partial charge in [-0.15, -0.1) is 0 Å². The van der Waals surface area contributed by atoms with Crippen LogP contribution in [0.2, 0.25) is 0 Å². The van der Waals surface area contributed by atoms with Crippen LogP contribution in [-0.2, 0) is 7.05 Å². The van der Waals surface area contributed by atoms with Gasteiger partial charge in [0.2, 0.25) is 0 Å². The van der Waals surface area contributed by atoms with Crippen molar-refractivity contribution in [3.63, 3.8) is 0 Å². The van der Waals surface area contributed by atoms with Crippen molar-refractivity contribution in [3.8, 4) is 0 Å². The maximum absolute atomic E-state index is 10.3. The molecule has 0 aliphatic carbocycles. The fourth-order valence-electron chi connectivity index (χ4n) is 2.69. The number of aliphatic hydroxyl groups is 2. The Kier molecular flexibility index (Phi) is 4.67. The number of aromatic nitrogens is 4. The normalized spacial score (nSPS) is 25.0. The molecule has 0 radical (unpaired) electrons. The first-order valence-electron chi connectivity index (χ1n) is 7.70. The summed E-state index contributed by atoms with van der Waals surface area (Å²) in [6.45, 7) is 8.48. The van der Waals surface area contributed by atoms with Crippen molar-refractivity contribution < 1.29 is 10.2 Å². The summed E-state index contributed by atoms with van der Waals surface area (Å²) in [4.78, 5) is 10.9. The lowest BCUT2D eigenvalue weighted by Crippen LogP contribution is -2.55. The zero-order valence-corrected chi connectivity index (χ0v) is 13.9. The van der Waals surface area contributed by atoms with Gasteiger partial charge in [-0.25, -0.2) is 9.97 Å². The molecule has 0 bridgehead atoms. The molecule has 0 aromatic carbocycles. The summed E-state index contributed by atoms with van der Waals surface area (Å²) in [5.41, 5.74) is -0.357. The van der Waals surface area contributed by atoms with E-state index in [4.69, 9.17) is 0 Å². The highest BCUT2D eigenvalue weighted by Gasteiger charge is 2.37. The van der Waals surface area contributed by atoms with Crippen molar-refractivity contribution in [3.05, 3.63) is 12.0 Å². The summed E-state index contributed by atoms with van der Waals surface area (Å²) in [6, 6.07) is 0. The third-order valence-corrected chi connectivity index (χ3v) is 3.88. The van der Waals surface area contributed by atoms with E-state index in [1.165, 1.54) is 0 Å². The van der Waals surface area contributed by atoms with E-state index in [-0.39, 0.29) is 0 Å². The average molecular weight is 307 g/mol. The van der Waals surface area contributed by atoms with E-state index < -0.39 is 11.7 Å². The number of piperidine rings is 1.